The summed E-state index contributed by atoms with van der Waals surface area (Å²) in [5.74, 6) is 0. The average molecular weight is 305 g/mol. The maximum absolute atomic E-state index is 8.36. The third kappa shape index (κ3) is 33.7. The van der Waals surface area contributed by atoms with Crippen LogP contribution in [0.5, 0.6) is 0 Å². The molecule has 0 aromatic heterocycles. The van der Waals surface area contributed by atoms with E-state index in [-0.39, 0.29) is 57.4 Å². The SMILES string of the molecule is [O-2].[O-2].[O]=[Bi+].[Ti+4]. The topological polar surface area (TPSA) is 74.1 Å². The van der Waals surface area contributed by atoms with Crippen molar-refractivity contribution in [3.63, 3.8) is 0 Å². The first-order chi connectivity index (χ1) is 1.00. The largest absolute Gasteiger partial charge is 4.00 e. The normalized spacial score (nSPS) is 0.800. The van der Waals surface area contributed by atoms with Gasteiger partial charge in [0, 0.05) is 0 Å². The van der Waals surface area contributed by atoms with Crippen LogP contribution in [0.2, 0.25) is 0 Å². The molecule has 26 valence electrons. The van der Waals surface area contributed by atoms with Crippen molar-refractivity contribution in [3.05, 3.63) is 0 Å². The Kier molecular flexibility index (Phi) is 380. The summed E-state index contributed by atoms with van der Waals surface area (Å²) in [6.45, 7) is 0. The van der Waals surface area contributed by atoms with E-state index in [9.17, 15) is 0 Å². The fraction of sp³-hybridized carbons (Fsp3) is 0. The van der Waals surface area contributed by atoms with Crippen LogP contribution in [0.3, 0.4) is 0 Å². The summed E-state index contributed by atoms with van der Waals surface area (Å²) >= 11 is 0.194. The molecule has 5 heteroatoms. The van der Waals surface area contributed by atoms with Gasteiger partial charge in [0.2, 0.25) is 0 Å². The summed E-state index contributed by atoms with van der Waals surface area (Å²) in [4.78, 5) is 0. The second kappa shape index (κ2) is 57.1. The second-order valence-electron chi connectivity index (χ2n) is 0. The van der Waals surface area contributed by atoms with Gasteiger partial charge in [-0.1, -0.05) is 0 Å². The molecule has 0 heterocycles. The molecule has 0 fully saturated rings. The van der Waals surface area contributed by atoms with E-state index in [0.29, 0.717) is 0 Å². The van der Waals surface area contributed by atoms with Crippen molar-refractivity contribution in [2.45, 2.75) is 0 Å². The maximum atomic E-state index is 8.36. The summed E-state index contributed by atoms with van der Waals surface area (Å²) in [7, 11) is 0. The zero-order chi connectivity index (χ0) is 2.00. The van der Waals surface area contributed by atoms with Gasteiger partial charge in [-0.15, -0.1) is 0 Å². The van der Waals surface area contributed by atoms with Gasteiger partial charge in [0.15, 0.2) is 0 Å². The Morgan fingerprint density at radius 1 is 1.00 bits per heavy atom. The molecule has 0 aromatic rings. The van der Waals surface area contributed by atoms with E-state index < -0.39 is 0 Å². The van der Waals surface area contributed by atoms with E-state index in [2.05, 4.69) is 0 Å². The summed E-state index contributed by atoms with van der Waals surface area (Å²) in [6, 6.07) is 0. The molecule has 0 unspecified atom stereocenters. The van der Waals surface area contributed by atoms with Crippen LogP contribution in [0.1, 0.15) is 0 Å². The van der Waals surface area contributed by atoms with Gasteiger partial charge >= 0.3 is 49.3 Å². The first kappa shape index (κ1) is 33.3. The van der Waals surface area contributed by atoms with Crippen LogP contribution < -0.4 is 0 Å². The van der Waals surface area contributed by atoms with Crippen LogP contribution in [0.4, 0.5) is 0 Å². The molecule has 0 atom stereocenters. The fourth-order valence-corrected chi connectivity index (χ4v) is 0. The molecule has 0 amide bonds. The van der Waals surface area contributed by atoms with E-state index in [0.717, 1.165) is 0 Å². The fourth-order valence-electron chi connectivity index (χ4n) is 0. The summed E-state index contributed by atoms with van der Waals surface area (Å²) < 4.78 is 8.36. The molecule has 2 radical (unpaired) electrons. The molecule has 3 nitrogen and oxygen atoms in total. The first-order valence-electron chi connectivity index (χ1n) is 0.183. The Labute approximate surface area is 59.9 Å². The monoisotopic (exact) mass is 305 g/mol. The Morgan fingerprint density at radius 3 is 1.00 bits per heavy atom. The minimum atomic E-state index is 0. The second-order valence-corrected chi connectivity index (χ2v) is 0. The van der Waals surface area contributed by atoms with Crippen molar-refractivity contribution in [1.29, 1.82) is 0 Å². The third-order valence-electron chi connectivity index (χ3n) is 0. The van der Waals surface area contributed by atoms with Gasteiger partial charge in [0.1, 0.15) is 0 Å². The van der Waals surface area contributed by atoms with E-state index in [4.69, 9.17) is 2.81 Å². The predicted molar refractivity (Wildman–Crippen MR) is 7.81 cm³/mol. The number of hydrogen-bond donors (Lipinski definition) is 0. The van der Waals surface area contributed by atoms with Crippen LogP contribution in [0, 0.1) is 0 Å². The van der Waals surface area contributed by atoms with Crippen LogP contribution >= 0.6 is 0 Å². The molecule has 0 aromatic carbocycles. The summed E-state index contributed by atoms with van der Waals surface area (Å²) in [5.41, 5.74) is 0. The van der Waals surface area contributed by atoms with Gasteiger partial charge in [0.25, 0.3) is 0 Å². The van der Waals surface area contributed by atoms with Crippen molar-refractivity contribution in [3.8, 4) is 0 Å². The minimum Gasteiger partial charge on any atom is 4.00 e. The average Bonchev–Trinajstić information content (AvgIpc) is 1.00. The predicted octanol–water partition coefficient (Wildman–Crippen LogP) is -0.740. The van der Waals surface area contributed by atoms with Gasteiger partial charge in [0.05, 0.1) is 0 Å². The quantitative estimate of drug-likeness (QED) is 0.543. The van der Waals surface area contributed by atoms with Crippen LogP contribution in [0.25, 0.3) is 0 Å². The van der Waals surface area contributed by atoms with E-state index >= 15 is 0 Å². The summed E-state index contributed by atoms with van der Waals surface area (Å²) in [6.07, 6.45) is 0. The molecule has 0 bridgehead atoms. The number of hydrogen-bond acceptors (Lipinski definition) is 1. The van der Waals surface area contributed by atoms with Crippen molar-refractivity contribution in [2.75, 3.05) is 0 Å². The van der Waals surface area contributed by atoms with Gasteiger partial charge in [-0.25, -0.2) is 0 Å². The number of rotatable bonds is 0. The first-order valence-corrected chi connectivity index (χ1v) is 1.60. The van der Waals surface area contributed by atoms with Gasteiger partial charge in [-0.3, -0.25) is 0 Å². The zero-order valence-electron chi connectivity index (χ0n) is 2.17. The van der Waals surface area contributed by atoms with Crippen molar-refractivity contribution >= 4 is 24.7 Å². The molecular formula is BiO3Ti+. The molecule has 5 heavy (non-hydrogen) atoms. The van der Waals surface area contributed by atoms with Crippen molar-refractivity contribution in [2.24, 2.45) is 0 Å². The molecule has 0 saturated carbocycles. The molecular weight excluding hydrogens is 305 g/mol. The van der Waals surface area contributed by atoms with Crippen LogP contribution in [-0.4, -0.2) is 24.7 Å². The molecule has 0 saturated heterocycles. The van der Waals surface area contributed by atoms with Gasteiger partial charge < -0.3 is 11.0 Å². The smallest absolute Gasteiger partial charge is 4.00 e. The van der Waals surface area contributed by atoms with E-state index in [1.165, 1.54) is 0 Å². The Hall–Kier alpha value is 1.32. The zero-order valence-corrected chi connectivity index (χ0v) is 7.21. The van der Waals surface area contributed by atoms with Crippen molar-refractivity contribution < 1.29 is 35.5 Å². The molecule has 0 aliphatic heterocycles. The van der Waals surface area contributed by atoms with E-state index in [1.807, 2.05) is 0 Å². The van der Waals surface area contributed by atoms with Crippen molar-refractivity contribution in [1.82, 2.24) is 0 Å². The molecule has 0 N–H and O–H groups in total. The molecule has 0 aliphatic rings. The Morgan fingerprint density at radius 2 is 1.00 bits per heavy atom. The molecule has 0 spiro atoms. The molecule has 0 rings (SSSR count). The molecule has 0 aliphatic carbocycles. The van der Waals surface area contributed by atoms with Crippen LogP contribution in [-0.2, 0) is 35.5 Å². The Balaban J connectivity index is -0.00000000167. The maximum Gasteiger partial charge on any atom is 4.00 e. The minimum absolute atomic E-state index is 0. The van der Waals surface area contributed by atoms with Gasteiger partial charge in [-0.05, 0) is 0 Å². The Bertz CT molecular complexity index is 6.85. The standard InChI is InChI=1S/Bi.3O.Ti/q+1;;2*-2;+4. The summed E-state index contributed by atoms with van der Waals surface area (Å²) in [5, 5.41) is 0. The van der Waals surface area contributed by atoms with E-state index in [1.54, 1.807) is 0 Å². The third-order valence-corrected chi connectivity index (χ3v) is 0. The van der Waals surface area contributed by atoms with Crippen LogP contribution in [0.15, 0.2) is 0 Å². The van der Waals surface area contributed by atoms with Gasteiger partial charge in [-0.2, -0.15) is 0 Å².